The first kappa shape index (κ1) is 21.0. The minimum atomic E-state index is -0.801. The monoisotopic (exact) mass is 461 g/mol. The number of amides is 1. The van der Waals surface area contributed by atoms with E-state index >= 15 is 0 Å². The Balaban J connectivity index is 1.76. The summed E-state index contributed by atoms with van der Waals surface area (Å²) in [5, 5.41) is 0.657. The largest absolute Gasteiger partial charge is 0.490 e. The molecule has 0 N–H and O–H groups in total. The van der Waals surface area contributed by atoms with Crippen LogP contribution in [0.2, 0.25) is 5.02 Å². The van der Waals surface area contributed by atoms with Gasteiger partial charge in [-0.2, -0.15) is 0 Å². The second-order valence-corrected chi connectivity index (χ2v) is 7.98. The molecule has 164 valence electrons. The molecule has 1 aromatic heterocycles. The van der Waals surface area contributed by atoms with E-state index in [2.05, 4.69) is 6.58 Å². The van der Waals surface area contributed by atoms with Gasteiger partial charge in [0.1, 0.15) is 23.8 Å². The van der Waals surface area contributed by atoms with E-state index in [9.17, 15) is 14.0 Å². The summed E-state index contributed by atoms with van der Waals surface area (Å²) in [4.78, 5) is 28.5. The summed E-state index contributed by atoms with van der Waals surface area (Å²) in [6, 6.07) is 16.5. The number of anilines is 1. The standard InChI is InChI=1S/C26H17ClFNO4/c1-2-12-32-19-5-3-4-15(13-19)23-22-24(30)20-14-16(27)6-11-21(20)33-25(22)26(31)29(23)18-9-7-17(28)8-10-18/h2-11,13-14,23H,1,12H2. The van der Waals surface area contributed by atoms with Crippen molar-refractivity contribution in [2.75, 3.05) is 11.5 Å². The first-order chi connectivity index (χ1) is 16.0. The van der Waals surface area contributed by atoms with Crippen molar-refractivity contribution in [2.24, 2.45) is 0 Å². The lowest BCUT2D eigenvalue weighted by Gasteiger charge is -2.25. The third kappa shape index (κ3) is 3.58. The second kappa shape index (κ2) is 8.22. The number of carbonyl (C=O) groups excluding carboxylic acids is 1. The van der Waals surface area contributed by atoms with Crippen molar-refractivity contribution in [3.63, 3.8) is 0 Å². The van der Waals surface area contributed by atoms with Crippen LogP contribution in [0.4, 0.5) is 10.1 Å². The van der Waals surface area contributed by atoms with Crippen molar-refractivity contribution in [1.82, 2.24) is 0 Å². The Morgan fingerprint density at radius 3 is 2.64 bits per heavy atom. The maximum atomic E-state index is 13.6. The molecule has 1 atom stereocenters. The van der Waals surface area contributed by atoms with Gasteiger partial charge in [-0.3, -0.25) is 14.5 Å². The summed E-state index contributed by atoms with van der Waals surface area (Å²) in [6.07, 6.45) is 1.62. The molecule has 1 amide bonds. The predicted molar refractivity (Wildman–Crippen MR) is 125 cm³/mol. The molecule has 0 spiro atoms. The third-order valence-electron chi connectivity index (χ3n) is 5.48. The van der Waals surface area contributed by atoms with Crippen LogP contribution in [-0.4, -0.2) is 12.5 Å². The Morgan fingerprint density at radius 2 is 1.88 bits per heavy atom. The number of ether oxygens (including phenoxy) is 1. The third-order valence-corrected chi connectivity index (χ3v) is 5.71. The molecule has 2 heterocycles. The van der Waals surface area contributed by atoms with E-state index in [1.165, 1.54) is 35.2 Å². The first-order valence-corrected chi connectivity index (χ1v) is 10.5. The highest BCUT2D eigenvalue weighted by atomic mass is 35.5. The van der Waals surface area contributed by atoms with Crippen molar-refractivity contribution >= 4 is 34.2 Å². The van der Waals surface area contributed by atoms with Crippen molar-refractivity contribution in [3.05, 3.63) is 117 Å². The number of halogens is 2. The lowest BCUT2D eigenvalue weighted by atomic mass is 9.98. The molecule has 0 saturated carbocycles. The molecular weight excluding hydrogens is 445 g/mol. The summed E-state index contributed by atoms with van der Waals surface area (Å²) >= 11 is 6.11. The summed E-state index contributed by atoms with van der Waals surface area (Å²) in [5.74, 6) is -0.427. The molecule has 0 saturated heterocycles. The lowest BCUT2D eigenvalue weighted by Crippen LogP contribution is -2.29. The van der Waals surface area contributed by atoms with Crippen LogP contribution in [0, 0.1) is 5.82 Å². The van der Waals surface area contributed by atoms with Gasteiger partial charge in [-0.05, 0) is 60.2 Å². The van der Waals surface area contributed by atoms with Gasteiger partial charge >= 0.3 is 0 Å². The maximum Gasteiger partial charge on any atom is 0.295 e. The van der Waals surface area contributed by atoms with Crippen LogP contribution in [0.25, 0.3) is 11.0 Å². The average molecular weight is 462 g/mol. The van der Waals surface area contributed by atoms with Gasteiger partial charge in [0.05, 0.1) is 17.0 Å². The van der Waals surface area contributed by atoms with Crippen molar-refractivity contribution in [1.29, 1.82) is 0 Å². The fourth-order valence-corrected chi connectivity index (χ4v) is 4.23. The highest BCUT2D eigenvalue weighted by Gasteiger charge is 2.43. The quantitative estimate of drug-likeness (QED) is 0.347. The topological polar surface area (TPSA) is 59.8 Å². The fourth-order valence-electron chi connectivity index (χ4n) is 4.06. The summed E-state index contributed by atoms with van der Waals surface area (Å²) in [5.41, 5.74) is 1.17. The Labute approximate surface area is 193 Å². The molecule has 7 heteroatoms. The molecule has 5 rings (SSSR count). The fraction of sp³-hybridized carbons (Fsp3) is 0.0769. The summed E-state index contributed by atoms with van der Waals surface area (Å²) in [7, 11) is 0. The van der Waals surface area contributed by atoms with Crippen LogP contribution in [0.3, 0.4) is 0 Å². The SMILES string of the molecule is C=CCOc1cccc(C2c3c(oc4ccc(Cl)cc4c3=O)C(=O)N2c2ccc(F)cc2)c1. The molecular formula is C26H17ClFNO4. The molecule has 1 unspecified atom stereocenters. The molecule has 0 bridgehead atoms. The molecule has 0 fully saturated rings. The van der Waals surface area contributed by atoms with E-state index in [4.69, 9.17) is 20.8 Å². The number of nitrogens with zero attached hydrogens (tertiary/aromatic N) is 1. The van der Waals surface area contributed by atoms with E-state index in [1.807, 2.05) is 0 Å². The van der Waals surface area contributed by atoms with E-state index in [0.29, 0.717) is 28.6 Å². The van der Waals surface area contributed by atoms with Gasteiger partial charge in [-0.15, -0.1) is 0 Å². The predicted octanol–water partition coefficient (Wildman–Crippen LogP) is 5.90. The van der Waals surface area contributed by atoms with Crippen LogP contribution in [0.5, 0.6) is 5.75 Å². The van der Waals surface area contributed by atoms with Crippen LogP contribution in [0.15, 0.2) is 88.6 Å². The maximum absolute atomic E-state index is 13.6. The van der Waals surface area contributed by atoms with Gasteiger partial charge in [0, 0.05) is 10.7 Å². The Morgan fingerprint density at radius 1 is 1.09 bits per heavy atom. The molecule has 0 radical (unpaired) electrons. The number of benzene rings is 3. The first-order valence-electron chi connectivity index (χ1n) is 10.2. The van der Waals surface area contributed by atoms with Gasteiger partial charge < -0.3 is 9.15 Å². The minimum Gasteiger partial charge on any atom is -0.490 e. The summed E-state index contributed by atoms with van der Waals surface area (Å²) in [6.45, 7) is 3.95. The van der Waals surface area contributed by atoms with Crippen LogP contribution >= 0.6 is 11.6 Å². The molecule has 1 aliphatic heterocycles. The normalized spacial score (nSPS) is 15.0. The zero-order chi connectivity index (χ0) is 23.1. The summed E-state index contributed by atoms with van der Waals surface area (Å²) < 4.78 is 25.2. The van der Waals surface area contributed by atoms with Crippen LogP contribution < -0.4 is 15.1 Å². The lowest BCUT2D eigenvalue weighted by molar-refractivity contribution is 0.0971. The van der Waals surface area contributed by atoms with Gasteiger partial charge in [0.15, 0.2) is 5.43 Å². The Bertz CT molecular complexity index is 1460. The highest BCUT2D eigenvalue weighted by Crippen LogP contribution is 2.42. The zero-order valence-electron chi connectivity index (χ0n) is 17.3. The van der Waals surface area contributed by atoms with E-state index in [0.717, 1.165) is 0 Å². The smallest absolute Gasteiger partial charge is 0.295 e. The number of hydrogen-bond donors (Lipinski definition) is 0. The number of fused-ring (bicyclic) bond motifs is 2. The van der Waals surface area contributed by atoms with Gasteiger partial charge in [0.25, 0.3) is 5.91 Å². The molecule has 0 aliphatic carbocycles. The van der Waals surface area contributed by atoms with E-state index in [-0.39, 0.29) is 27.7 Å². The van der Waals surface area contributed by atoms with Crippen LogP contribution in [-0.2, 0) is 0 Å². The number of hydrogen-bond acceptors (Lipinski definition) is 4. The molecule has 5 nitrogen and oxygen atoms in total. The number of carbonyl (C=O) groups is 1. The van der Waals surface area contributed by atoms with Gasteiger partial charge in [-0.1, -0.05) is 36.4 Å². The number of rotatable bonds is 5. The Hall–Kier alpha value is -3.90. The zero-order valence-corrected chi connectivity index (χ0v) is 18.0. The van der Waals surface area contributed by atoms with Gasteiger partial charge in [-0.25, -0.2) is 4.39 Å². The van der Waals surface area contributed by atoms with E-state index in [1.54, 1.807) is 42.5 Å². The molecule has 4 aromatic rings. The molecule has 3 aromatic carbocycles. The molecule has 1 aliphatic rings. The van der Waals surface area contributed by atoms with Crippen molar-refractivity contribution in [2.45, 2.75) is 6.04 Å². The average Bonchev–Trinajstić information content (AvgIpc) is 3.11. The van der Waals surface area contributed by atoms with Gasteiger partial charge in [0.2, 0.25) is 5.76 Å². The van der Waals surface area contributed by atoms with Crippen LogP contribution in [0.1, 0.15) is 27.7 Å². The second-order valence-electron chi connectivity index (χ2n) is 7.54. The molecule has 33 heavy (non-hydrogen) atoms. The Kier molecular flexibility index (Phi) is 5.23. The van der Waals surface area contributed by atoms with Crippen molar-refractivity contribution < 1.29 is 18.3 Å². The van der Waals surface area contributed by atoms with E-state index < -0.39 is 17.8 Å². The minimum absolute atomic E-state index is 0.0541. The highest BCUT2D eigenvalue weighted by molar-refractivity contribution is 6.31. The van der Waals surface area contributed by atoms with Crippen molar-refractivity contribution in [3.8, 4) is 5.75 Å².